The molecule has 0 bridgehead atoms. The first-order valence-electron chi connectivity index (χ1n) is 15.3. The lowest BCUT2D eigenvalue weighted by Crippen LogP contribution is -2.39. The first-order chi connectivity index (χ1) is 16.2. The van der Waals surface area contributed by atoms with Gasteiger partial charge in [-0.2, -0.15) is 0 Å². The third-order valence-electron chi connectivity index (χ3n) is 7.57. The van der Waals surface area contributed by atoms with E-state index in [1.54, 1.807) is 0 Å². The van der Waals surface area contributed by atoms with E-state index in [0.717, 1.165) is 0 Å². The summed E-state index contributed by atoms with van der Waals surface area (Å²) in [5, 5.41) is 0. The lowest BCUT2D eigenvalue weighted by Gasteiger charge is -2.27. The number of unbranched alkanes of at least 4 members (excludes halogenated alkanes) is 22. The second-order valence-electron chi connectivity index (χ2n) is 10.6. The SMILES string of the molecule is CCCCCCCCCCCCCCCCCCC[Si](CCCCCCCCC)(OC)OC. The molecule has 0 saturated heterocycles. The Kier molecular flexibility index (Phi) is 26.8. The van der Waals surface area contributed by atoms with Crippen molar-refractivity contribution in [1.29, 1.82) is 0 Å². The van der Waals surface area contributed by atoms with Gasteiger partial charge in [0.05, 0.1) is 0 Å². The van der Waals surface area contributed by atoms with Crippen LogP contribution in [0.5, 0.6) is 0 Å². The van der Waals surface area contributed by atoms with E-state index in [1.165, 1.54) is 166 Å². The van der Waals surface area contributed by atoms with E-state index in [1.807, 2.05) is 14.2 Å². The highest BCUT2D eigenvalue weighted by Gasteiger charge is 2.33. The average molecular weight is 485 g/mol. The molecule has 0 radical (unpaired) electrons. The maximum absolute atomic E-state index is 5.98. The molecule has 0 unspecified atom stereocenters. The zero-order chi connectivity index (χ0) is 24.3. The minimum Gasteiger partial charge on any atom is -0.398 e. The van der Waals surface area contributed by atoms with E-state index in [-0.39, 0.29) is 0 Å². The van der Waals surface area contributed by atoms with Gasteiger partial charge in [0, 0.05) is 14.2 Å². The fraction of sp³-hybridized carbons (Fsp3) is 1.00. The fourth-order valence-electron chi connectivity index (χ4n) is 5.09. The smallest absolute Gasteiger partial charge is 0.337 e. The summed E-state index contributed by atoms with van der Waals surface area (Å²) in [5.74, 6) is 0. The largest absolute Gasteiger partial charge is 0.398 e. The minimum atomic E-state index is -1.93. The molecule has 0 spiro atoms. The summed E-state index contributed by atoms with van der Waals surface area (Å²) in [6.07, 6.45) is 33.9. The molecule has 0 saturated carbocycles. The van der Waals surface area contributed by atoms with Gasteiger partial charge in [-0.05, 0) is 12.1 Å². The molecule has 0 rings (SSSR count). The molecule has 0 atom stereocenters. The molecule has 0 aliphatic rings. The van der Waals surface area contributed by atoms with Crippen LogP contribution in [-0.2, 0) is 8.85 Å². The summed E-state index contributed by atoms with van der Waals surface area (Å²) < 4.78 is 12.0. The molecule has 0 amide bonds. The predicted molar refractivity (Wildman–Crippen MR) is 152 cm³/mol. The van der Waals surface area contributed by atoms with Crippen LogP contribution >= 0.6 is 0 Å². The normalized spacial score (nSPS) is 12.0. The van der Waals surface area contributed by atoms with Crippen LogP contribution in [-0.4, -0.2) is 22.8 Å². The molecular weight excluding hydrogens is 420 g/mol. The van der Waals surface area contributed by atoms with Gasteiger partial charge in [-0.25, -0.2) is 0 Å². The first kappa shape index (κ1) is 33.1. The van der Waals surface area contributed by atoms with Gasteiger partial charge in [0.25, 0.3) is 0 Å². The van der Waals surface area contributed by atoms with E-state index < -0.39 is 8.56 Å². The van der Waals surface area contributed by atoms with Crippen molar-refractivity contribution in [1.82, 2.24) is 0 Å². The summed E-state index contributed by atoms with van der Waals surface area (Å²) >= 11 is 0. The molecule has 2 nitrogen and oxygen atoms in total. The maximum atomic E-state index is 5.98. The third kappa shape index (κ3) is 22.4. The van der Waals surface area contributed by atoms with Gasteiger partial charge in [-0.3, -0.25) is 0 Å². The van der Waals surface area contributed by atoms with Crippen LogP contribution in [0.4, 0.5) is 0 Å². The second-order valence-corrected chi connectivity index (χ2v) is 14.2. The van der Waals surface area contributed by atoms with Gasteiger partial charge in [0.2, 0.25) is 0 Å². The van der Waals surface area contributed by atoms with Gasteiger partial charge >= 0.3 is 8.56 Å². The number of rotatable bonds is 28. The van der Waals surface area contributed by atoms with E-state index in [4.69, 9.17) is 8.85 Å². The quantitative estimate of drug-likeness (QED) is 0.0811. The van der Waals surface area contributed by atoms with Crippen molar-refractivity contribution in [2.24, 2.45) is 0 Å². The van der Waals surface area contributed by atoms with Crippen molar-refractivity contribution in [3.8, 4) is 0 Å². The Bertz CT molecular complexity index is 357. The van der Waals surface area contributed by atoms with Crippen LogP contribution < -0.4 is 0 Å². The molecule has 3 heteroatoms. The molecule has 0 aromatic carbocycles. The third-order valence-corrected chi connectivity index (χ3v) is 11.3. The summed E-state index contributed by atoms with van der Waals surface area (Å²) in [6.45, 7) is 4.59. The Balaban J connectivity index is 3.48. The Morgan fingerprint density at radius 1 is 0.333 bits per heavy atom. The topological polar surface area (TPSA) is 18.5 Å². The van der Waals surface area contributed by atoms with Crippen LogP contribution in [0.3, 0.4) is 0 Å². The predicted octanol–water partition coefficient (Wildman–Crippen LogP) is 11.1. The zero-order valence-corrected chi connectivity index (χ0v) is 24.7. The van der Waals surface area contributed by atoms with Crippen molar-refractivity contribution in [2.75, 3.05) is 14.2 Å². The molecule has 0 aliphatic heterocycles. The lowest BCUT2D eigenvalue weighted by molar-refractivity contribution is 0.238. The van der Waals surface area contributed by atoms with Crippen LogP contribution in [0.1, 0.15) is 168 Å². The first-order valence-corrected chi connectivity index (χ1v) is 17.6. The van der Waals surface area contributed by atoms with Crippen molar-refractivity contribution in [3.63, 3.8) is 0 Å². The average Bonchev–Trinajstić information content (AvgIpc) is 2.84. The lowest BCUT2D eigenvalue weighted by atomic mass is 10.0. The monoisotopic (exact) mass is 484 g/mol. The Labute approximate surface area is 211 Å². The minimum absolute atomic E-state index is 1.19. The van der Waals surface area contributed by atoms with Crippen molar-refractivity contribution in [3.05, 3.63) is 0 Å². The maximum Gasteiger partial charge on any atom is 0.337 e. The van der Waals surface area contributed by atoms with Gasteiger partial charge in [-0.15, -0.1) is 0 Å². The van der Waals surface area contributed by atoms with Crippen molar-refractivity contribution >= 4 is 8.56 Å². The molecule has 0 aromatic rings. The molecule has 33 heavy (non-hydrogen) atoms. The van der Waals surface area contributed by atoms with E-state index in [0.29, 0.717) is 0 Å². The van der Waals surface area contributed by atoms with Crippen molar-refractivity contribution in [2.45, 2.75) is 180 Å². The number of hydrogen-bond acceptors (Lipinski definition) is 2. The molecule has 0 heterocycles. The Hall–Kier alpha value is 0.137. The van der Waals surface area contributed by atoms with Crippen LogP contribution in [0, 0.1) is 0 Å². The molecule has 0 N–H and O–H groups in total. The Morgan fingerprint density at radius 3 is 0.758 bits per heavy atom. The van der Waals surface area contributed by atoms with Crippen molar-refractivity contribution < 1.29 is 8.85 Å². The van der Waals surface area contributed by atoms with Gasteiger partial charge in [0.15, 0.2) is 0 Å². The molecular formula is C30H64O2Si. The summed E-state index contributed by atoms with van der Waals surface area (Å²) in [5.41, 5.74) is 0. The van der Waals surface area contributed by atoms with E-state index in [2.05, 4.69) is 13.8 Å². The van der Waals surface area contributed by atoms with Gasteiger partial charge in [-0.1, -0.05) is 168 Å². The second kappa shape index (κ2) is 26.7. The molecule has 0 aliphatic carbocycles. The standard InChI is InChI=1S/C30H64O2Si/c1-5-7-9-11-13-14-15-16-17-18-19-20-21-22-24-26-28-30-33(31-3,32-4)29-27-25-23-12-10-8-6-2/h5-30H2,1-4H3. The van der Waals surface area contributed by atoms with Crippen LogP contribution in [0.2, 0.25) is 12.1 Å². The highest BCUT2D eigenvalue weighted by atomic mass is 28.4. The Morgan fingerprint density at radius 2 is 0.545 bits per heavy atom. The summed E-state index contributed by atoms with van der Waals surface area (Å²) in [4.78, 5) is 0. The molecule has 0 aromatic heterocycles. The highest BCUT2D eigenvalue weighted by molar-refractivity contribution is 6.67. The fourth-order valence-corrected chi connectivity index (χ4v) is 7.90. The summed E-state index contributed by atoms with van der Waals surface area (Å²) in [6, 6.07) is 2.38. The molecule has 0 fully saturated rings. The van der Waals surface area contributed by atoms with Gasteiger partial charge in [0.1, 0.15) is 0 Å². The van der Waals surface area contributed by atoms with E-state index >= 15 is 0 Å². The number of hydrogen-bond donors (Lipinski definition) is 0. The van der Waals surface area contributed by atoms with E-state index in [9.17, 15) is 0 Å². The summed E-state index contributed by atoms with van der Waals surface area (Å²) in [7, 11) is 1.86. The zero-order valence-electron chi connectivity index (χ0n) is 23.7. The van der Waals surface area contributed by atoms with Gasteiger partial charge < -0.3 is 8.85 Å². The van der Waals surface area contributed by atoms with Crippen LogP contribution in [0.15, 0.2) is 0 Å². The highest BCUT2D eigenvalue weighted by Crippen LogP contribution is 2.25. The van der Waals surface area contributed by atoms with Crippen LogP contribution in [0.25, 0.3) is 0 Å². The molecule has 200 valence electrons.